The zero-order valence-corrected chi connectivity index (χ0v) is 14.6. The van der Waals surface area contributed by atoms with Crippen molar-refractivity contribution < 1.29 is 14.3 Å². The molecule has 0 atom stereocenters. The number of hydrogen-bond donors (Lipinski definition) is 1. The number of carbonyl (C=O) groups excluding carboxylic acids is 2. The van der Waals surface area contributed by atoms with Gasteiger partial charge in [0.25, 0.3) is 5.91 Å². The predicted octanol–water partition coefficient (Wildman–Crippen LogP) is 4.25. The van der Waals surface area contributed by atoms with Crippen LogP contribution in [0, 0.1) is 11.3 Å². The van der Waals surface area contributed by atoms with Crippen molar-refractivity contribution in [3.63, 3.8) is 0 Å². The van der Waals surface area contributed by atoms with E-state index in [9.17, 15) is 9.59 Å². The van der Waals surface area contributed by atoms with Crippen molar-refractivity contribution in [3.05, 3.63) is 57.8 Å². The molecular formula is C19H18N2O3S. The van der Waals surface area contributed by atoms with Crippen molar-refractivity contribution in [2.45, 2.75) is 19.8 Å². The summed E-state index contributed by atoms with van der Waals surface area (Å²) in [6.07, 6.45) is 3.32. The quantitative estimate of drug-likeness (QED) is 0.349. The maximum atomic E-state index is 12.2. The second-order valence-electron chi connectivity index (χ2n) is 5.21. The van der Waals surface area contributed by atoms with Crippen LogP contribution in [0.1, 0.15) is 35.0 Å². The molecule has 0 fully saturated rings. The van der Waals surface area contributed by atoms with E-state index in [2.05, 4.69) is 5.32 Å². The molecule has 2 aromatic rings. The maximum absolute atomic E-state index is 12.2. The van der Waals surface area contributed by atoms with Gasteiger partial charge in [0.2, 0.25) is 0 Å². The number of ether oxygens (including phenoxy) is 1. The fraction of sp³-hybridized carbons (Fsp3) is 0.211. The van der Waals surface area contributed by atoms with Crippen LogP contribution in [0.2, 0.25) is 0 Å². The molecule has 0 radical (unpaired) electrons. The van der Waals surface area contributed by atoms with Crippen LogP contribution in [-0.2, 0) is 9.53 Å². The number of rotatable bonds is 7. The Morgan fingerprint density at radius 3 is 2.64 bits per heavy atom. The van der Waals surface area contributed by atoms with E-state index in [0.717, 1.165) is 17.7 Å². The van der Waals surface area contributed by atoms with Gasteiger partial charge < -0.3 is 10.1 Å². The molecule has 0 spiro atoms. The number of unbranched alkanes of at least 4 members (excludes halogenated alkanes) is 1. The minimum Gasteiger partial charge on any atom is -0.462 e. The molecule has 0 saturated carbocycles. The summed E-state index contributed by atoms with van der Waals surface area (Å²) in [6, 6.07) is 12.0. The van der Waals surface area contributed by atoms with Crippen LogP contribution in [0.5, 0.6) is 0 Å². The first-order valence-corrected chi connectivity index (χ1v) is 8.76. The molecule has 25 heavy (non-hydrogen) atoms. The lowest BCUT2D eigenvalue weighted by molar-refractivity contribution is -0.112. The third-order valence-corrected chi connectivity index (χ3v) is 4.12. The number of nitrogens with one attached hydrogen (secondary N) is 1. The van der Waals surface area contributed by atoms with Gasteiger partial charge in [-0.2, -0.15) is 5.26 Å². The zero-order chi connectivity index (χ0) is 18.1. The lowest BCUT2D eigenvalue weighted by Crippen LogP contribution is -2.13. The third kappa shape index (κ3) is 5.59. The first-order valence-electron chi connectivity index (χ1n) is 7.88. The summed E-state index contributed by atoms with van der Waals surface area (Å²) in [7, 11) is 0. The Hall–Kier alpha value is -2.91. The molecular weight excluding hydrogens is 336 g/mol. The maximum Gasteiger partial charge on any atom is 0.338 e. The molecule has 1 aromatic carbocycles. The van der Waals surface area contributed by atoms with Crippen LogP contribution < -0.4 is 5.32 Å². The molecule has 5 nitrogen and oxygen atoms in total. The number of esters is 1. The SMILES string of the molecule is CCCCOC(=O)c1ccc(NC(=O)/C(C#N)=C\c2cccs2)cc1. The standard InChI is InChI=1S/C19H18N2O3S/c1-2-3-10-24-19(23)14-6-8-16(9-7-14)21-18(22)15(13-20)12-17-5-4-11-25-17/h4-9,11-12H,2-3,10H2,1H3,(H,21,22)/b15-12-. The van der Waals surface area contributed by atoms with Gasteiger partial charge in [0.1, 0.15) is 11.6 Å². The number of nitrogens with zero attached hydrogens (tertiary/aromatic N) is 1. The van der Waals surface area contributed by atoms with E-state index in [1.165, 1.54) is 11.3 Å². The summed E-state index contributed by atoms with van der Waals surface area (Å²) >= 11 is 1.44. The number of amides is 1. The minimum atomic E-state index is -0.492. The van der Waals surface area contributed by atoms with E-state index in [4.69, 9.17) is 10.00 Å². The molecule has 0 unspecified atom stereocenters. The Bertz CT molecular complexity index is 787. The minimum absolute atomic E-state index is 0.0190. The van der Waals surface area contributed by atoms with Gasteiger partial charge in [-0.15, -0.1) is 11.3 Å². The molecule has 0 aliphatic rings. The molecule has 0 saturated heterocycles. The number of anilines is 1. The molecule has 1 N–H and O–H groups in total. The third-order valence-electron chi connectivity index (χ3n) is 3.30. The van der Waals surface area contributed by atoms with Gasteiger partial charge in [0.15, 0.2) is 0 Å². The van der Waals surface area contributed by atoms with Gasteiger partial charge in [-0.25, -0.2) is 4.79 Å². The molecule has 0 bridgehead atoms. The van der Waals surface area contributed by atoms with Crippen LogP contribution in [0.3, 0.4) is 0 Å². The molecule has 1 amide bonds. The number of thiophene rings is 1. The van der Waals surface area contributed by atoms with Crippen molar-refractivity contribution in [2.75, 3.05) is 11.9 Å². The molecule has 1 aromatic heterocycles. The van der Waals surface area contributed by atoms with Gasteiger partial charge in [-0.3, -0.25) is 4.79 Å². The Balaban J connectivity index is 1.99. The fourth-order valence-corrected chi connectivity index (χ4v) is 2.60. The van der Waals surface area contributed by atoms with Gasteiger partial charge in [-0.1, -0.05) is 19.4 Å². The van der Waals surface area contributed by atoms with E-state index >= 15 is 0 Å². The van der Waals surface area contributed by atoms with Crippen LogP contribution >= 0.6 is 11.3 Å². The summed E-state index contributed by atoms with van der Waals surface area (Å²) in [6.45, 7) is 2.42. The molecule has 6 heteroatoms. The first-order chi connectivity index (χ1) is 12.1. The zero-order valence-electron chi connectivity index (χ0n) is 13.8. The van der Waals surface area contributed by atoms with Crippen molar-refractivity contribution in [1.29, 1.82) is 5.26 Å². The Kier molecular flexibility index (Phi) is 6.93. The van der Waals surface area contributed by atoms with Gasteiger partial charge in [0, 0.05) is 10.6 Å². The van der Waals surface area contributed by atoms with Crippen LogP contribution in [0.4, 0.5) is 5.69 Å². The highest BCUT2D eigenvalue weighted by atomic mass is 32.1. The summed E-state index contributed by atoms with van der Waals surface area (Å²) < 4.78 is 5.13. The Morgan fingerprint density at radius 1 is 1.28 bits per heavy atom. The Morgan fingerprint density at radius 2 is 2.04 bits per heavy atom. The lowest BCUT2D eigenvalue weighted by Gasteiger charge is -2.06. The van der Waals surface area contributed by atoms with Crippen molar-refractivity contribution in [3.8, 4) is 6.07 Å². The van der Waals surface area contributed by atoms with Crippen LogP contribution in [0.15, 0.2) is 47.4 Å². The molecule has 0 aliphatic carbocycles. The number of benzene rings is 1. The number of nitriles is 1. The van der Waals surface area contributed by atoms with Crippen LogP contribution in [-0.4, -0.2) is 18.5 Å². The molecule has 2 rings (SSSR count). The summed E-state index contributed by atoms with van der Waals surface area (Å²) in [5.74, 6) is -0.879. The van der Waals surface area contributed by atoms with E-state index in [0.29, 0.717) is 17.9 Å². The van der Waals surface area contributed by atoms with E-state index < -0.39 is 5.91 Å². The largest absolute Gasteiger partial charge is 0.462 e. The number of carbonyl (C=O) groups is 2. The summed E-state index contributed by atoms with van der Waals surface area (Å²) in [4.78, 5) is 24.8. The monoisotopic (exact) mass is 354 g/mol. The highest BCUT2D eigenvalue weighted by Gasteiger charge is 2.11. The van der Waals surface area contributed by atoms with Crippen molar-refractivity contribution in [1.82, 2.24) is 0 Å². The second-order valence-corrected chi connectivity index (χ2v) is 6.19. The van der Waals surface area contributed by atoms with Gasteiger partial charge in [-0.05, 0) is 48.2 Å². The first kappa shape index (κ1) is 18.4. The second kappa shape index (κ2) is 9.40. The van der Waals surface area contributed by atoms with E-state index in [-0.39, 0.29) is 11.5 Å². The van der Waals surface area contributed by atoms with Gasteiger partial charge in [0.05, 0.1) is 12.2 Å². The number of hydrogen-bond acceptors (Lipinski definition) is 5. The van der Waals surface area contributed by atoms with Gasteiger partial charge >= 0.3 is 5.97 Å². The fourth-order valence-electron chi connectivity index (χ4n) is 1.94. The van der Waals surface area contributed by atoms with Crippen molar-refractivity contribution >= 4 is 35.0 Å². The molecule has 0 aliphatic heterocycles. The average molecular weight is 354 g/mol. The molecule has 128 valence electrons. The Labute approximate surface area is 150 Å². The topological polar surface area (TPSA) is 79.2 Å². The van der Waals surface area contributed by atoms with Crippen LogP contribution in [0.25, 0.3) is 6.08 Å². The normalized spacial score (nSPS) is 10.8. The van der Waals surface area contributed by atoms with E-state index in [1.54, 1.807) is 30.3 Å². The smallest absolute Gasteiger partial charge is 0.338 e. The average Bonchev–Trinajstić information content (AvgIpc) is 3.13. The van der Waals surface area contributed by atoms with E-state index in [1.807, 2.05) is 30.5 Å². The lowest BCUT2D eigenvalue weighted by atomic mass is 10.2. The summed E-state index contributed by atoms with van der Waals surface area (Å²) in [5.41, 5.74) is 0.941. The highest BCUT2D eigenvalue weighted by Crippen LogP contribution is 2.16. The van der Waals surface area contributed by atoms with Crippen molar-refractivity contribution in [2.24, 2.45) is 0 Å². The molecule has 1 heterocycles. The predicted molar refractivity (Wildman–Crippen MR) is 98.2 cm³/mol. The summed E-state index contributed by atoms with van der Waals surface area (Å²) in [5, 5.41) is 13.7. The highest BCUT2D eigenvalue weighted by molar-refractivity contribution is 7.10.